The molecule has 1 heterocycles. The summed E-state index contributed by atoms with van der Waals surface area (Å²) in [6.07, 6.45) is 3.71. The van der Waals surface area contributed by atoms with Gasteiger partial charge >= 0.3 is 7.25 Å². The minimum absolute atomic E-state index is 1.06. The molecule has 12 heavy (non-hydrogen) atoms. The molecule has 0 fully saturated rings. The lowest BCUT2D eigenvalue weighted by molar-refractivity contribution is 0.368. The van der Waals surface area contributed by atoms with Crippen molar-refractivity contribution >= 4 is 7.25 Å². The predicted molar refractivity (Wildman–Crippen MR) is 38.1 cm³/mol. The van der Waals surface area contributed by atoms with E-state index < -0.39 is 7.25 Å². The first-order valence-corrected chi connectivity index (χ1v) is 3.12. The van der Waals surface area contributed by atoms with Gasteiger partial charge in [-0.2, -0.15) is 0 Å². The maximum Gasteiger partial charge on any atom is 0.673 e. The van der Waals surface area contributed by atoms with Crippen LogP contribution >= 0.6 is 0 Å². The molecule has 0 unspecified atom stereocenters. The van der Waals surface area contributed by atoms with E-state index in [1.54, 1.807) is 6.20 Å². The molecule has 0 spiro atoms. The minimum Gasteiger partial charge on any atom is -0.418 e. The Kier molecular flexibility index (Phi) is 3.78. The topological polar surface area (TPSA) is 17.8 Å². The molecule has 0 saturated heterocycles. The summed E-state index contributed by atoms with van der Waals surface area (Å²) in [7, 11) is -4.03. The van der Waals surface area contributed by atoms with E-state index in [2.05, 4.69) is 4.98 Å². The van der Waals surface area contributed by atoms with Gasteiger partial charge in [0.1, 0.15) is 5.82 Å². The molecule has 2 nitrogen and oxygen atoms in total. The molecule has 7 heteroatoms. The summed E-state index contributed by atoms with van der Waals surface area (Å²) >= 11 is 0. The van der Waals surface area contributed by atoms with Gasteiger partial charge in [0, 0.05) is 19.4 Å². The second-order valence-electron chi connectivity index (χ2n) is 2.08. The number of nitrogens with zero attached hydrogens (tertiary/aromatic N) is 2. The number of hydrogen-bond donors (Lipinski definition) is 0. The lowest BCUT2D eigenvalue weighted by Crippen LogP contribution is -2.02. The van der Waals surface area contributed by atoms with Crippen LogP contribution in [0.2, 0.25) is 0 Å². The van der Waals surface area contributed by atoms with Crippen molar-refractivity contribution in [2.75, 3.05) is 0 Å². The number of imidazole rings is 1. The quantitative estimate of drug-likeness (QED) is 0.444. The summed E-state index contributed by atoms with van der Waals surface area (Å²) < 4.78 is 41.0. The van der Waals surface area contributed by atoms with Crippen molar-refractivity contribution in [1.29, 1.82) is 0 Å². The Labute approximate surface area is 67.3 Å². The zero-order valence-corrected chi connectivity index (χ0v) is 6.64. The molecule has 70 valence electrons. The average Bonchev–Trinajstić information content (AvgIpc) is 2.12. The van der Waals surface area contributed by atoms with E-state index in [4.69, 9.17) is 0 Å². The van der Waals surface area contributed by atoms with Crippen LogP contribution in [0.1, 0.15) is 5.82 Å². The fourth-order valence-electron chi connectivity index (χ4n) is 0.440. The average molecular weight is 183 g/mol. The molecular weight excluding hydrogens is 175 g/mol. The van der Waals surface area contributed by atoms with Gasteiger partial charge in [-0.15, -0.1) is 0 Å². The van der Waals surface area contributed by atoms with Gasteiger partial charge in [0.15, 0.2) is 0 Å². The van der Waals surface area contributed by atoms with Gasteiger partial charge in [0.05, 0.1) is 0 Å². The second-order valence-corrected chi connectivity index (χ2v) is 2.08. The van der Waals surface area contributed by atoms with Crippen LogP contribution in [-0.2, 0) is 7.05 Å². The molecule has 0 N–H and O–H groups in total. The first kappa shape index (κ1) is 11.0. The molecule has 0 aromatic carbocycles. The van der Waals surface area contributed by atoms with E-state index in [0.717, 1.165) is 5.82 Å². The molecule has 0 aliphatic carbocycles. The van der Waals surface area contributed by atoms with E-state index in [9.17, 15) is 17.3 Å². The van der Waals surface area contributed by atoms with Crippen LogP contribution in [0.25, 0.3) is 0 Å². The van der Waals surface area contributed by atoms with Gasteiger partial charge in [-0.05, 0) is 6.92 Å². The molecule has 0 bridgehead atoms. The van der Waals surface area contributed by atoms with Gasteiger partial charge in [-0.25, -0.2) is 4.98 Å². The highest BCUT2D eigenvalue weighted by molar-refractivity contribution is 6.50. The summed E-state index contributed by atoms with van der Waals surface area (Å²) in [5.74, 6) is 1.06. The third-order valence-corrected chi connectivity index (χ3v) is 1.06. The number of aryl methyl sites for hydroxylation is 2. The molecule has 0 amide bonds. The molecule has 0 atom stereocenters. The Hall–Kier alpha value is -1.01. The van der Waals surface area contributed by atoms with Crippen LogP contribution in [0.3, 0.4) is 0 Å². The third-order valence-electron chi connectivity index (χ3n) is 1.06. The lowest BCUT2D eigenvalue weighted by atomic mass is 10.3. The Morgan fingerprint density at radius 2 is 1.75 bits per heavy atom. The second kappa shape index (κ2) is 4.13. The Balaban J connectivity index is 0.000000217. The summed E-state index contributed by atoms with van der Waals surface area (Å²) in [6, 6.07) is 0. The number of rotatable bonds is 0. The summed E-state index contributed by atoms with van der Waals surface area (Å²) in [6.45, 7) is 1.97. The Bertz CT molecular complexity index is 209. The van der Waals surface area contributed by atoms with E-state index in [0.29, 0.717) is 0 Å². The number of aromatic nitrogens is 2. The van der Waals surface area contributed by atoms with Crippen molar-refractivity contribution in [2.24, 2.45) is 7.05 Å². The van der Waals surface area contributed by atoms with E-state index >= 15 is 0 Å². The Morgan fingerprint density at radius 1 is 1.33 bits per heavy atom. The van der Waals surface area contributed by atoms with Crippen molar-refractivity contribution in [1.82, 2.24) is 9.55 Å². The van der Waals surface area contributed by atoms with Crippen LogP contribution in [0, 0.1) is 6.92 Å². The van der Waals surface area contributed by atoms with E-state index in [1.165, 1.54) is 0 Å². The molecular formula is C5H8BF4N2-. The maximum atomic E-state index is 9.75. The first-order chi connectivity index (χ1) is 5.30. The zero-order chi connectivity index (χ0) is 9.78. The van der Waals surface area contributed by atoms with Gasteiger partial charge in [-0.1, -0.05) is 0 Å². The maximum absolute atomic E-state index is 9.75. The largest absolute Gasteiger partial charge is 0.673 e. The monoisotopic (exact) mass is 183 g/mol. The Morgan fingerprint density at radius 3 is 1.83 bits per heavy atom. The van der Waals surface area contributed by atoms with Crippen molar-refractivity contribution in [3.63, 3.8) is 0 Å². The van der Waals surface area contributed by atoms with Crippen LogP contribution in [0.15, 0.2) is 12.4 Å². The SMILES string of the molecule is Cc1nccn1C.F[B-](F)(F)F. The standard InChI is InChI=1S/C5H8N2.BF4/c1-5-6-3-4-7(5)2;2-1(3,4)5/h3-4H,1-2H3;/q;-1. The molecule has 0 aliphatic heterocycles. The van der Waals surface area contributed by atoms with Crippen molar-refractivity contribution in [2.45, 2.75) is 6.92 Å². The number of halogens is 4. The van der Waals surface area contributed by atoms with Crippen LogP contribution < -0.4 is 0 Å². The summed E-state index contributed by atoms with van der Waals surface area (Å²) in [4.78, 5) is 3.98. The fourth-order valence-corrected chi connectivity index (χ4v) is 0.440. The highest BCUT2D eigenvalue weighted by Crippen LogP contribution is 2.06. The van der Waals surface area contributed by atoms with Crippen LogP contribution in [0.4, 0.5) is 17.3 Å². The van der Waals surface area contributed by atoms with Crippen LogP contribution in [0.5, 0.6) is 0 Å². The number of hydrogen-bond acceptors (Lipinski definition) is 1. The van der Waals surface area contributed by atoms with E-state index in [1.807, 2.05) is 24.7 Å². The van der Waals surface area contributed by atoms with Crippen molar-refractivity contribution in [3.05, 3.63) is 18.2 Å². The minimum atomic E-state index is -6.00. The predicted octanol–water partition coefficient (Wildman–Crippen LogP) is 2.03. The molecule has 0 radical (unpaired) electrons. The normalized spacial score (nSPS) is 10.5. The van der Waals surface area contributed by atoms with Crippen molar-refractivity contribution < 1.29 is 17.3 Å². The molecule has 0 saturated carbocycles. The highest BCUT2D eigenvalue weighted by Gasteiger charge is 2.20. The summed E-state index contributed by atoms with van der Waals surface area (Å²) in [5.41, 5.74) is 0. The highest BCUT2D eigenvalue weighted by atomic mass is 19.5. The molecule has 1 aromatic rings. The molecule has 1 aromatic heterocycles. The van der Waals surface area contributed by atoms with Gasteiger partial charge in [0.2, 0.25) is 0 Å². The molecule has 1 rings (SSSR count). The molecule has 0 aliphatic rings. The zero-order valence-electron chi connectivity index (χ0n) is 6.64. The smallest absolute Gasteiger partial charge is 0.418 e. The summed E-state index contributed by atoms with van der Waals surface area (Å²) in [5, 5.41) is 0. The van der Waals surface area contributed by atoms with Gasteiger partial charge < -0.3 is 21.8 Å². The lowest BCUT2D eigenvalue weighted by Gasteiger charge is -1.94. The first-order valence-electron chi connectivity index (χ1n) is 3.12. The van der Waals surface area contributed by atoms with Crippen LogP contribution in [-0.4, -0.2) is 16.8 Å². The van der Waals surface area contributed by atoms with Crippen molar-refractivity contribution in [3.8, 4) is 0 Å². The van der Waals surface area contributed by atoms with Gasteiger partial charge in [0.25, 0.3) is 0 Å². The van der Waals surface area contributed by atoms with Gasteiger partial charge in [-0.3, -0.25) is 0 Å². The third kappa shape index (κ3) is 7.11. The van der Waals surface area contributed by atoms with E-state index in [-0.39, 0.29) is 0 Å². The fraction of sp³-hybridized carbons (Fsp3) is 0.400.